The van der Waals surface area contributed by atoms with Crippen LogP contribution in [0.5, 0.6) is 0 Å². The Balaban J connectivity index is 2.16. The summed E-state index contributed by atoms with van der Waals surface area (Å²) in [6, 6.07) is 12.2. The molecule has 3 heteroatoms. The van der Waals surface area contributed by atoms with E-state index >= 15 is 0 Å². The maximum absolute atomic E-state index is 6.18. The van der Waals surface area contributed by atoms with Gasteiger partial charge in [-0.05, 0) is 40.0 Å². The standard InChI is InChI=1S/C14H15BrN2/c1-10-7-12(15)9-17-14(10)8-13(16)11-5-3-2-4-6-11/h2-7,9,13H,8,16H2,1H3/t13-/m0/s1. The molecule has 2 N–H and O–H groups in total. The second kappa shape index (κ2) is 5.43. The van der Waals surface area contributed by atoms with Gasteiger partial charge < -0.3 is 5.73 Å². The third-order valence-corrected chi connectivity index (χ3v) is 3.23. The van der Waals surface area contributed by atoms with E-state index in [4.69, 9.17) is 5.73 Å². The first-order valence-electron chi connectivity index (χ1n) is 5.58. The predicted octanol–water partition coefficient (Wildman–Crippen LogP) is 3.40. The molecule has 2 aromatic rings. The molecule has 0 aliphatic heterocycles. The average molecular weight is 291 g/mol. The highest BCUT2D eigenvalue weighted by Crippen LogP contribution is 2.19. The van der Waals surface area contributed by atoms with E-state index in [0.717, 1.165) is 22.2 Å². The van der Waals surface area contributed by atoms with Crippen molar-refractivity contribution >= 4 is 15.9 Å². The summed E-state index contributed by atoms with van der Waals surface area (Å²) in [4.78, 5) is 4.42. The molecule has 2 nitrogen and oxygen atoms in total. The number of halogens is 1. The van der Waals surface area contributed by atoms with Gasteiger partial charge in [0, 0.05) is 28.8 Å². The molecular formula is C14H15BrN2. The molecule has 2 rings (SSSR count). The molecule has 1 atom stereocenters. The number of hydrogen-bond acceptors (Lipinski definition) is 2. The highest BCUT2D eigenvalue weighted by Gasteiger charge is 2.09. The summed E-state index contributed by atoms with van der Waals surface area (Å²) < 4.78 is 1.01. The van der Waals surface area contributed by atoms with Crippen LogP contribution in [0.25, 0.3) is 0 Å². The summed E-state index contributed by atoms with van der Waals surface area (Å²) >= 11 is 3.41. The first kappa shape index (κ1) is 12.3. The fourth-order valence-corrected chi connectivity index (χ4v) is 2.25. The van der Waals surface area contributed by atoms with Crippen molar-refractivity contribution in [3.8, 4) is 0 Å². The smallest absolute Gasteiger partial charge is 0.0452 e. The molecule has 0 amide bonds. The molecule has 0 fully saturated rings. The van der Waals surface area contributed by atoms with Gasteiger partial charge in [-0.15, -0.1) is 0 Å². The van der Waals surface area contributed by atoms with Crippen LogP contribution in [0.1, 0.15) is 22.9 Å². The third-order valence-electron chi connectivity index (χ3n) is 2.79. The van der Waals surface area contributed by atoms with Crippen LogP contribution in [-0.4, -0.2) is 4.98 Å². The maximum atomic E-state index is 6.18. The van der Waals surface area contributed by atoms with Gasteiger partial charge in [0.15, 0.2) is 0 Å². The molecule has 0 bridgehead atoms. The molecule has 0 saturated heterocycles. The fourth-order valence-electron chi connectivity index (χ4n) is 1.81. The topological polar surface area (TPSA) is 38.9 Å². The van der Waals surface area contributed by atoms with Crippen LogP contribution in [0, 0.1) is 6.92 Å². The zero-order valence-electron chi connectivity index (χ0n) is 9.73. The lowest BCUT2D eigenvalue weighted by Gasteiger charge is -2.13. The van der Waals surface area contributed by atoms with Crippen LogP contribution in [0.15, 0.2) is 47.1 Å². The van der Waals surface area contributed by atoms with Gasteiger partial charge in [-0.3, -0.25) is 4.98 Å². The Labute approximate surface area is 110 Å². The van der Waals surface area contributed by atoms with E-state index in [0.29, 0.717) is 0 Å². The number of aryl methyl sites for hydroxylation is 1. The van der Waals surface area contributed by atoms with Crippen molar-refractivity contribution in [1.29, 1.82) is 0 Å². The van der Waals surface area contributed by atoms with Crippen molar-refractivity contribution in [1.82, 2.24) is 4.98 Å². The second-order valence-electron chi connectivity index (χ2n) is 4.14. The third kappa shape index (κ3) is 3.14. The van der Waals surface area contributed by atoms with Crippen molar-refractivity contribution in [2.24, 2.45) is 5.73 Å². The monoisotopic (exact) mass is 290 g/mol. The largest absolute Gasteiger partial charge is 0.324 e. The van der Waals surface area contributed by atoms with E-state index < -0.39 is 0 Å². The number of nitrogens with zero attached hydrogens (tertiary/aromatic N) is 1. The Hall–Kier alpha value is -1.19. The summed E-state index contributed by atoms with van der Waals surface area (Å²) in [6.45, 7) is 2.06. The lowest BCUT2D eigenvalue weighted by atomic mass is 10.0. The number of aromatic nitrogens is 1. The number of hydrogen-bond donors (Lipinski definition) is 1. The Kier molecular flexibility index (Phi) is 3.92. The van der Waals surface area contributed by atoms with Crippen LogP contribution < -0.4 is 5.73 Å². The predicted molar refractivity (Wildman–Crippen MR) is 73.7 cm³/mol. The molecule has 0 saturated carbocycles. The lowest BCUT2D eigenvalue weighted by molar-refractivity contribution is 0.702. The van der Waals surface area contributed by atoms with E-state index in [2.05, 4.69) is 46.0 Å². The fraction of sp³-hybridized carbons (Fsp3) is 0.214. The zero-order valence-corrected chi connectivity index (χ0v) is 11.3. The van der Waals surface area contributed by atoms with Gasteiger partial charge in [0.2, 0.25) is 0 Å². The van der Waals surface area contributed by atoms with Gasteiger partial charge in [0.25, 0.3) is 0 Å². The zero-order chi connectivity index (χ0) is 12.3. The minimum absolute atomic E-state index is 0.00331. The van der Waals surface area contributed by atoms with E-state index in [1.807, 2.05) is 24.4 Å². The normalized spacial score (nSPS) is 12.4. The Bertz CT molecular complexity index is 497. The number of rotatable bonds is 3. The molecule has 1 aromatic heterocycles. The van der Waals surface area contributed by atoms with Crippen molar-refractivity contribution in [3.63, 3.8) is 0 Å². The van der Waals surface area contributed by atoms with E-state index in [1.165, 1.54) is 5.56 Å². The Morgan fingerprint density at radius 1 is 1.29 bits per heavy atom. The molecule has 1 heterocycles. The number of nitrogens with two attached hydrogens (primary N) is 1. The highest BCUT2D eigenvalue weighted by molar-refractivity contribution is 9.10. The summed E-state index contributed by atoms with van der Waals surface area (Å²) in [5.74, 6) is 0. The Morgan fingerprint density at radius 2 is 2.00 bits per heavy atom. The number of pyridine rings is 1. The number of benzene rings is 1. The van der Waals surface area contributed by atoms with Crippen molar-refractivity contribution in [2.75, 3.05) is 0 Å². The highest BCUT2D eigenvalue weighted by atomic mass is 79.9. The van der Waals surface area contributed by atoms with Crippen LogP contribution >= 0.6 is 15.9 Å². The van der Waals surface area contributed by atoms with Gasteiger partial charge in [-0.2, -0.15) is 0 Å². The van der Waals surface area contributed by atoms with Crippen LogP contribution in [0.3, 0.4) is 0 Å². The van der Waals surface area contributed by atoms with Gasteiger partial charge in [-0.25, -0.2) is 0 Å². The summed E-state index contributed by atoms with van der Waals surface area (Å²) in [6.07, 6.45) is 2.59. The minimum Gasteiger partial charge on any atom is -0.324 e. The van der Waals surface area contributed by atoms with Crippen LogP contribution in [-0.2, 0) is 6.42 Å². The molecule has 0 aliphatic rings. The summed E-state index contributed by atoms with van der Waals surface area (Å²) in [5.41, 5.74) is 9.56. The first-order chi connectivity index (χ1) is 8.16. The molecule has 0 spiro atoms. The van der Waals surface area contributed by atoms with E-state index in [9.17, 15) is 0 Å². The molecule has 0 aliphatic carbocycles. The molecule has 0 unspecified atom stereocenters. The van der Waals surface area contributed by atoms with Gasteiger partial charge in [0.05, 0.1) is 0 Å². The van der Waals surface area contributed by atoms with Gasteiger partial charge in [-0.1, -0.05) is 30.3 Å². The van der Waals surface area contributed by atoms with Crippen molar-refractivity contribution < 1.29 is 0 Å². The van der Waals surface area contributed by atoms with Crippen molar-refractivity contribution in [3.05, 3.63) is 63.9 Å². The van der Waals surface area contributed by atoms with Crippen LogP contribution in [0.4, 0.5) is 0 Å². The van der Waals surface area contributed by atoms with E-state index in [1.54, 1.807) is 0 Å². The maximum Gasteiger partial charge on any atom is 0.0452 e. The van der Waals surface area contributed by atoms with Crippen LogP contribution in [0.2, 0.25) is 0 Å². The quantitative estimate of drug-likeness (QED) is 0.941. The van der Waals surface area contributed by atoms with Gasteiger partial charge >= 0.3 is 0 Å². The van der Waals surface area contributed by atoms with Gasteiger partial charge in [0.1, 0.15) is 0 Å². The second-order valence-corrected chi connectivity index (χ2v) is 5.05. The molecule has 88 valence electrons. The molecule has 17 heavy (non-hydrogen) atoms. The first-order valence-corrected chi connectivity index (χ1v) is 6.37. The molecule has 0 radical (unpaired) electrons. The average Bonchev–Trinajstić information content (AvgIpc) is 2.34. The van der Waals surface area contributed by atoms with E-state index in [-0.39, 0.29) is 6.04 Å². The SMILES string of the molecule is Cc1cc(Br)cnc1C[C@H](N)c1ccccc1. The summed E-state index contributed by atoms with van der Waals surface area (Å²) in [5, 5.41) is 0. The lowest BCUT2D eigenvalue weighted by Crippen LogP contribution is -2.14. The molecule has 1 aromatic carbocycles. The molecular weight excluding hydrogens is 276 g/mol. The van der Waals surface area contributed by atoms with Crippen molar-refractivity contribution in [2.45, 2.75) is 19.4 Å². The summed E-state index contributed by atoms with van der Waals surface area (Å²) in [7, 11) is 0. The minimum atomic E-state index is 0.00331. The Morgan fingerprint density at radius 3 is 2.65 bits per heavy atom.